The third kappa shape index (κ3) is 4.38. The number of fused-ring (bicyclic) bond motifs is 1. The van der Waals surface area contributed by atoms with Gasteiger partial charge in [0.15, 0.2) is 6.61 Å². The molecule has 2 aromatic rings. The van der Waals surface area contributed by atoms with Crippen molar-refractivity contribution in [2.24, 2.45) is 0 Å². The van der Waals surface area contributed by atoms with Crippen LogP contribution in [0.4, 0.5) is 0 Å². The van der Waals surface area contributed by atoms with E-state index in [0.717, 1.165) is 6.42 Å². The van der Waals surface area contributed by atoms with Gasteiger partial charge in [-0.05, 0) is 19.4 Å². The highest BCUT2D eigenvalue weighted by Gasteiger charge is 2.13. The van der Waals surface area contributed by atoms with Gasteiger partial charge >= 0.3 is 5.97 Å². The number of nitrogens with one attached hydrogen (secondary N) is 2. The molecule has 7 nitrogen and oxygen atoms in total. The van der Waals surface area contributed by atoms with Gasteiger partial charge in [0.05, 0.1) is 17.5 Å². The van der Waals surface area contributed by atoms with Gasteiger partial charge in [-0.1, -0.05) is 25.1 Å². The monoisotopic (exact) mass is 317 g/mol. The molecule has 7 heteroatoms. The molecular formula is C16H19N3O4. The van der Waals surface area contributed by atoms with Gasteiger partial charge in [0.2, 0.25) is 0 Å². The van der Waals surface area contributed by atoms with Crippen molar-refractivity contribution < 1.29 is 14.3 Å². The lowest BCUT2D eigenvalue weighted by Gasteiger charge is -2.11. The highest BCUT2D eigenvalue weighted by molar-refractivity contribution is 5.87. The topological polar surface area (TPSA) is 101 Å². The second kappa shape index (κ2) is 7.53. The normalized spacial score (nSPS) is 11.9. The average molecular weight is 317 g/mol. The van der Waals surface area contributed by atoms with E-state index in [0.29, 0.717) is 16.5 Å². The third-order valence-corrected chi connectivity index (χ3v) is 3.47. The molecule has 0 aliphatic carbocycles. The van der Waals surface area contributed by atoms with E-state index in [1.165, 1.54) is 0 Å². The minimum atomic E-state index is -0.575. The number of rotatable bonds is 6. The van der Waals surface area contributed by atoms with Crippen LogP contribution >= 0.6 is 0 Å². The number of ether oxygens (including phenoxy) is 1. The van der Waals surface area contributed by atoms with Gasteiger partial charge in [-0.3, -0.25) is 14.4 Å². The lowest BCUT2D eigenvalue weighted by atomic mass is 10.1. The molecule has 0 radical (unpaired) electrons. The zero-order valence-corrected chi connectivity index (χ0v) is 13.1. The Labute approximate surface area is 133 Å². The summed E-state index contributed by atoms with van der Waals surface area (Å²) in [5.74, 6) is -0.916. The van der Waals surface area contributed by atoms with Gasteiger partial charge < -0.3 is 10.1 Å². The maximum atomic E-state index is 11.9. The summed E-state index contributed by atoms with van der Waals surface area (Å²) in [6.07, 6.45) is 0.681. The van der Waals surface area contributed by atoms with E-state index < -0.39 is 5.97 Å². The molecule has 1 atom stereocenters. The van der Waals surface area contributed by atoms with Gasteiger partial charge in [-0.15, -0.1) is 0 Å². The smallest absolute Gasteiger partial charge is 0.312 e. The Hall–Kier alpha value is -2.70. The van der Waals surface area contributed by atoms with Gasteiger partial charge in [-0.25, -0.2) is 5.10 Å². The van der Waals surface area contributed by atoms with Crippen molar-refractivity contribution in [2.75, 3.05) is 6.61 Å². The van der Waals surface area contributed by atoms with Gasteiger partial charge in [0.1, 0.15) is 0 Å². The summed E-state index contributed by atoms with van der Waals surface area (Å²) < 4.78 is 4.95. The number of amides is 1. The summed E-state index contributed by atoms with van der Waals surface area (Å²) in [6.45, 7) is 3.49. The summed E-state index contributed by atoms with van der Waals surface area (Å²) in [4.78, 5) is 35.1. The van der Waals surface area contributed by atoms with Gasteiger partial charge in [0.25, 0.3) is 11.5 Å². The van der Waals surface area contributed by atoms with E-state index in [2.05, 4.69) is 15.5 Å². The predicted octanol–water partition coefficient (Wildman–Crippen LogP) is 0.923. The zero-order chi connectivity index (χ0) is 16.8. The molecule has 0 saturated heterocycles. The van der Waals surface area contributed by atoms with Crippen LogP contribution in [0, 0.1) is 0 Å². The molecule has 0 unspecified atom stereocenters. The second-order valence-electron chi connectivity index (χ2n) is 5.26. The molecule has 0 aliphatic heterocycles. The van der Waals surface area contributed by atoms with Crippen molar-refractivity contribution >= 4 is 22.6 Å². The third-order valence-electron chi connectivity index (χ3n) is 3.47. The summed E-state index contributed by atoms with van der Waals surface area (Å²) in [5, 5.41) is 10.0. The molecule has 0 aliphatic rings. The number of nitrogens with zero attached hydrogens (tertiary/aromatic N) is 1. The van der Waals surface area contributed by atoms with Crippen LogP contribution < -0.4 is 10.9 Å². The predicted molar refractivity (Wildman–Crippen MR) is 84.9 cm³/mol. The first kappa shape index (κ1) is 16.7. The Balaban J connectivity index is 2.00. The fourth-order valence-corrected chi connectivity index (χ4v) is 2.06. The molecule has 1 heterocycles. The number of H-pyrrole nitrogens is 1. The number of hydrogen-bond donors (Lipinski definition) is 2. The quantitative estimate of drug-likeness (QED) is 0.772. The Bertz CT molecular complexity index is 769. The Morgan fingerprint density at radius 2 is 2.00 bits per heavy atom. The van der Waals surface area contributed by atoms with E-state index in [4.69, 9.17) is 4.74 Å². The molecule has 0 bridgehead atoms. The fourth-order valence-electron chi connectivity index (χ4n) is 2.06. The van der Waals surface area contributed by atoms with Crippen molar-refractivity contribution in [3.05, 3.63) is 40.3 Å². The highest BCUT2D eigenvalue weighted by Crippen LogP contribution is 2.13. The van der Waals surface area contributed by atoms with Crippen LogP contribution in [-0.4, -0.2) is 34.7 Å². The van der Waals surface area contributed by atoms with Gasteiger partial charge in [0, 0.05) is 11.4 Å². The lowest BCUT2D eigenvalue weighted by Crippen LogP contribution is -2.35. The van der Waals surface area contributed by atoms with Crippen molar-refractivity contribution in [1.29, 1.82) is 0 Å². The van der Waals surface area contributed by atoms with Crippen LogP contribution in [0.2, 0.25) is 0 Å². The van der Waals surface area contributed by atoms with Crippen LogP contribution in [0.3, 0.4) is 0 Å². The molecule has 0 spiro atoms. The van der Waals surface area contributed by atoms with Crippen LogP contribution in [0.1, 0.15) is 26.0 Å². The minimum absolute atomic E-state index is 0.0333. The maximum Gasteiger partial charge on any atom is 0.312 e. The molecular weight excluding hydrogens is 298 g/mol. The highest BCUT2D eigenvalue weighted by atomic mass is 16.5. The van der Waals surface area contributed by atoms with Gasteiger partial charge in [-0.2, -0.15) is 5.10 Å². The molecule has 0 saturated carbocycles. The first-order chi connectivity index (χ1) is 11.0. The molecule has 1 amide bonds. The minimum Gasteiger partial charge on any atom is -0.455 e. The Morgan fingerprint density at radius 3 is 2.70 bits per heavy atom. The lowest BCUT2D eigenvalue weighted by molar-refractivity contribution is -0.148. The number of carbonyl (C=O) groups excluding carboxylic acids is 2. The van der Waals surface area contributed by atoms with Crippen LogP contribution in [0.5, 0.6) is 0 Å². The van der Waals surface area contributed by atoms with Crippen LogP contribution in [0.25, 0.3) is 10.8 Å². The molecule has 122 valence electrons. The molecule has 1 aromatic heterocycles. The van der Waals surface area contributed by atoms with E-state index in [1.54, 1.807) is 24.3 Å². The standard InChI is InChI=1S/C16H19N3O4/c1-3-10(2)17-14(20)9-23-15(21)8-13-11-6-4-5-7-12(11)16(22)19-18-13/h4-7,10H,3,8-9H2,1-2H3,(H,17,20)(H,19,22)/t10-/m0/s1. The summed E-state index contributed by atoms with van der Waals surface area (Å²) >= 11 is 0. The van der Waals surface area contributed by atoms with E-state index in [1.807, 2.05) is 13.8 Å². The van der Waals surface area contributed by atoms with Crippen LogP contribution in [0.15, 0.2) is 29.1 Å². The number of aromatic amines is 1. The summed E-state index contributed by atoms with van der Waals surface area (Å²) in [5.41, 5.74) is 0.0955. The number of benzene rings is 1. The van der Waals surface area contributed by atoms with E-state index in [9.17, 15) is 14.4 Å². The second-order valence-corrected chi connectivity index (χ2v) is 5.26. The Kier molecular flexibility index (Phi) is 5.46. The molecule has 2 rings (SSSR count). The van der Waals surface area contributed by atoms with E-state index in [-0.39, 0.29) is 30.5 Å². The van der Waals surface area contributed by atoms with Crippen molar-refractivity contribution in [2.45, 2.75) is 32.7 Å². The summed E-state index contributed by atoms with van der Waals surface area (Å²) in [6, 6.07) is 6.91. The average Bonchev–Trinajstić information content (AvgIpc) is 2.55. The summed E-state index contributed by atoms with van der Waals surface area (Å²) in [7, 11) is 0. The number of hydrogen-bond acceptors (Lipinski definition) is 5. The zero-order valence-electron chi connectivity index (χ0n) is 13.1. The maximum absolute atomic E-state index is 11.9. The van der Waals surface area contributed by atoms with Crippen molar-refractivity contribution in [1.82, 2.24) is 15.5 Å². The number of esters is 1. The largest absolute Gasteiger partial charge is 0.455 e. The Morgan fingerprint density at radius 1 is 1.30 bits per heavy atom. The SMILES string of the molecule is CC[C@H](C)NC(=O)COC(=O)Cc1n[nH]c(=O)c2ccccc12. The van der Waals surface area contributed by atoms with Crippen molar-refractivity contribution in [3.63, 3.8) is 0 Å². The first-order valence-electron chi connectivity index (χ1n) is 7.42. The molecule has 1 aromatic carbocycles. The molecule has 0 fully saturated rings. The number of carbonyl (C=O) groups is 2. The van der Waals surface area contributed by atoms with E-state index >= 15 is 0 Å². The van der Waals surface area contributed by atoms with Crippen LogP contribution in [-0.2, 0) is 20.7 Å². The molecule has 2 N–H and O–H groups in total. The molecule has 23 heavy (non-hydrogen) atoms. The number of aromatic nitrogens is 2. The first-order valence-corrected chi connectivity index (χ1v) is 7.42. The fraction of sp³-hybridized carbons (Fsp3) is 0.375. The van der Waals surface area contributed by atoms with Crippen molar-refractivity contribution in [3.8, 4) is 0 Å².